The van der Waals surface area contributed by atoms with Gasteiger partial charge in [-0.2, -0.15) is 0 Å². The molecule has 2 aliphatic rings. The summed E-state index contributed by atoms with van der Waals surface area (Å²) in [5.74, 6) is 0. The summed E-state index contributed by atoms with van der Waals surface area (Å²) in [6, 6.07) is 0.525. The van der Waals surface area contributed by atoms with Crippen molar-refractivity contribution >= 4 is 0 Å². The van der Waals surface area contributed by atoms with E-state index in [2.05, 4.69) is 26.1 Å². The Morgan fingerprint density at radius 1 is 1.33 bits per heavy atom. The molecule has 2 aliphatic carbocycles. The number of hydrogen-bond donors (Lipinski definition) is 2. The summed E-state index contributed by atoms with van der Waals surface area (Å²) >= 11 is 0. The lowest BCUT2D eigenvalue weighted by atomic mass is 9.63. The molecule has 0 amide bonds. The van der Waals surface area contributed by atoms with E-state index in [0.29, 0.717) is 11.5 Å². The first-order chi connectivity index (χ1) is 7.00. The van der Waals surface area contributed by atoms with Crippen LogP contribution in [-0.4, -0.2) is 23.8 Å². The van der Waals surface area contributed by atoms with Crippen LogP contribution in [0.4, 0.5) is 0 Å². The Labute approximate surface area is 93.5 Å². The van der Waals surface area contributed by atoms with E-state index in [0.717, 1.165) is 13.0 Å². The SMILES string of the molecule is CCC1(CNC2CC(O)C2(C)C)CCC1. The molecule has 2 heteroatoms. The third-order valence-corrected chi connectivity index (χ3v) is 5.10. The van der Waals surface area contributed by atoms with Crippen LogP contribution in [0.25, 0.3) is 0 Å². The van der Waals surface area contributed by atoms with Gasteiger partial charge in [0.15, 0.2) is 0 Å². The van der Waals surface area contributed by atoms with E-state index in [1.165, 1.54) is 25.7 Å². The topological polar surface area (TPSA) is 32.3 Å². The average Bonchev–Trinajstić information content (AvgIpc) is 2.15. The number of rotatable bonds is 4. The summed E-state index contributed by atoms with van der Waals surface area (Å²) < 4.78 is 0. The molecule has 2 nitrogen and oxygen atoms in total. The van der Waals surface area contributed by atoms with Crippen molar-refractivity contribution < 1.29 is 5.11 Å². The Hall–Kier alpha value is -0.0800. The lowest BCUT2D eigenvalue weighted by Gasteiger charge is -2.52. The molecule has 0 aromatic carbocycles. The minimum absolute atomic E-state index is 0.0820. The van der Waals surface area contributed by atoms with Crippen LogP contribution >= 0.6 is 0 Å². The average molecular weight is 211 g/mol. The van der Waals surface area contributed by atoms with Crippen molar-refractivity contribution in [3.63, 3.8) is 0 Å². The molecule has 88 valence electrons. The van der Waals surface area contributed by atoms with Crippen LogP contribution in [0.3, 0.4) is 0 Å². The summed E-state index contributed by atoms with van der Waals surface area (Å²) in [7, 11) is 0. The van der Waals surface area contributed by atoms with E-state index in [-0.39, 0.29) is 11.5 Å². The highest BCUT2D eigenvalue weighted by Gasteiger charge is 2.48. The van der Waals surface area contributed by atoms with Gasteiger partial charge in [-0.1, -0.05) is 27.2 Å². The van der Waals surface area contributed by atoms with Crippen molar-refractivity contribution in [1.29, 1.82) is 0 Å². The highest BCUT2D eigenvalue weighted by Crippen LogP contribution is 2.45. The van der Waals surface area contributed by atoms with E-state index in [9.17, 15) is 5.11 Å². The lowest BCUT2D eigenvalue weighted by molar-refractivity contribution is -0.0775. The van der Waals surface area contributed by atoms with Crippen LogP contribution in [0, 0.1) is 10.8 Å². The van der Waals surface area contributed by atoms with E-state index in [4.69, 9.17) is 0 Å². The lowest BCUT2D eigenvalue weighted by Crippen LogP contribution is -2.61. The summed E-state index contributed by atoms with van der Waals surface area (Å²) in [5.41, 5.74) is 0.676. The minimum Gasteiger partial charge on any atom is -0.392 e. The van der Waals surface area contributed by atoms with Crippen LogP contribution in [0.15, 0.2) is 0 Å². The maximum atomic E-state index is 9.66. The molecular weight excluding hydrogens is 186 g/mol. The fraction of sp³-hybridized carbons (Fsp3) is 1.00. The number of aliphatic hydroxyl groups excluding tert-OH is 1. The maximum absolute atomic E-state index is 9.66. The van der Waals surface area contributed by atoms with Gasteiger partial charge in [0.25, 0.3) is 0 Å². The van der Waals surface area contributed by atoms with Crippen LogP contribution in [0.1, 0.15) is 52.9 Å². The first-order valence-corrected chi connectivity index (χ1v) is 6.42. The third kappa shape index (κ3) is 1.83. The van der Waals surface area contributed by atoms with Gasteiger partial charge in [-0.05, 0) is 31.1 Å². The van der Waals surface area contributed by atoms with Crippen LogP contribution in [0.5, 0.6) is 0 Å². The van der Waals surface area contributed by atoms with Crippen LogP contribution in [-0.2, 0) is 0 Å². The molecule has 0 aliphatic heterocycles. The molecule has 0 heterocycles. The zero-order valence-electron chi connectivity index (χ0n) is 10.3. The first-order valence-electron chi connectivity index (χ1n) is 6.42. The number of aliphatic hydroxyl groups is 1. The standard InChI is InChI=1S/C13H25NO/c1-4-13(6-5-7-13)9-14-10-8-11(15)12(10,2)3/h10-11,14-15H,4-9H2,1-3H3. The molecule has 0 bridgehead atoms. The Bertz CT molecular complexity index is 227. The summed E-state index contributed by atoms with van der Waals surface area (Å²) in [6.45, 7) is 7.79. The number of hydrogen-bond acceptors (Lipinski definition) is 2. The van der Waals surface area contributed by atoms with Crippen molar-refractivity contribution in [2.45, 2.75) is 65.0 Å². The number of nitrogens with one attached hydrogen (secondary N) is 1. The predicted octanol–water partition coefficient (Wildman–Crippen LogP) is 2.32. The van der Waals surface area contributed by atoms with Gasteiger partial charge in [-0.15, -0.1) is 0 Å². The van der Waals surface area contributed by atoms with Gasteiger partial charge in [0.05, 0.1) is 6.10 Å². The molecule has 2 unspecified atom stereocenters. The van der Waals surface area contributed by atoms with Crippen molar-refractivity contribution in [3.8, 4) is 0 Å². The van der Waals surface area contributed by atoms with Crippen LogP contribution in [0.2, 0.25) is 0 Å². The zero-order valence-corrected chi connectivity index (χ0v) is 10.3. The third-order valence-electron chi connectivity index (χ3n) is 5.10. The second kappa shape index (κ2) is 3.74. The molecule has 0 radical (unpaired) electrons. The Balaban J connectivity index is 1.79. The molecule has 0 saturated heterocycles. The highest BCUT2D eigenvalue weighted by molar-refractivity contribution is 5.03. The first kappa shape index (κ1) is 11.4. The molecule has 2 atom stereocenters. The predicted molar refractivity (Wildman–Crippen MR) is 62.8 cm³/mol. The normalized spacial score (nSPS) is 36.8. The second-order valence-corrected chi connectivity index (χ2v) is 6.21. The van der Waals surface area contributed by atoms with Crippen molar-refractivity contribution in [2.24, 2.45) is 10.8 Å². The molecule has 2 rings (SSSR count). The fourth-order valence-corrected chi connectivity index (χ4v) is 2.92. The Morgan fingerprint density at radius 3 is 2.33 bits per heavy atom. The quantitative estimate of drug-likeness (QED) is 0.748. The zero-order chi connectivity index (χ0) is 11.1. The van der Waals surface area contributed by atoms with Gasteiger partial charge < -0.3 is 10.4 Å². The monoisotopic (exact) mass is 211 g/mol. The molecule has 15 heavy (non-hydrogen) atoms. The smallest absolute Gasteiger partial charge is 0.0621 e. The molecule has 0 spiro atoms. The molecule has 2 fully saturated rings. The van der Waals surface area contributed by atoms with Crippen molar-refractivity contribution in [2.75, 3.05) is 6.54 Å². The highest BCUT2D eigenvalue weighted by atomic mass is 16.3. The van der Waals surface area contributed by atoms with Gasteiger partial charge >= 0.3 is 0 Å². The molecular formula is C13H25NO. The second-order valence-electron chi connectivity index (χ2n) is 6.21. The van der Waals surface area contributed by atoms with Crippen molar-refractivity contribution in [1.82, 2.24) is 5.32 Å². The maximum Gasteiger partial charge on any atom is 0.0621 e. The van der Waals surface area contributed by atoms with E-state index < -0.39 is 0 Å². The summed E-state index contributed by atoms with van der Waals surface area (Å²) in [4.78, 5) is 0. The van der Waals surface area contributed by atoms with Gasteiger partial charge in [0, 0.05) is 18.0 Å². The summed E-state index contributed by atoms with van der Waals surface area (Å²) in [5, 5.41) is 13.3. The molecule has 2 saturated carbocycles. The largest absolute Gasteiger partial charge is 0.392 e. The summed E-state index contributed by atoms with van der Waals surface area (Å²) in [6.07, 6.45) is 6.33. The van der Waals surface area contributed by atoms with Gasteiger partial charge in [0.1, 0.15) is 0 Å². The van der Waals surface area contributed by atoms with E-state index in [1.807, 2.05) is 0 Å². The van der Waals surface area contributed by atoms with Crippen LogP contribution < -0.4 is 5.32 Å². The van der Waals surface area contributed by atoms with E-state index >= 15 is 0 Å². The van der Waals surface area contributed by atoms with Gasteiger partial charge in [0.2, 0.25) is 0 Å². The van der Waals surface area contributed by atoms with Crippen molar-refractivity contribution in [3.05, 3.63) is 0 Å². The minimum atomic E-state index is -0.103. The molecule has 2 N–H and O–H groups in total. The van der Waals surface area contributed by atoms with E-state index in [1.54, 1.807) is 0 Å². The Morgan fingerprint density at radius 2 is 2.00 bits per heavy atom. The fourth-order valence-electron chi connectivity index (χ4n) is 2.92. The van der Waals surface area contributed by atoms with Gasteiger partial charge in [-0.3, -0.25) is 0 Å². The van der Waals surface area contributed by atoms with Gasteiger partial charge in [-0.25, -0.2) is 0 Å². The Kier molecular flexibility index (Phi) is 2.85. The molecule has 0 aromatic rings. The molecule has 0 aromatic heterocycles.